The van der Waals surface area contributed by atoms with E-state index in [2.05, 4.69) is 30.6 Å². The van der Waals surface area contributed by atoms with Crippen molar-refractivity contribution < 1.29 is 61.5 Å². The number of nitrogens with zero attached hydrogens (tertiary/aromatic N) is 6. The number of aliphatic imine (C=N–C) groups is 1. The third-order valence-electron chi connectivity index (χ3n) is 7.79. The molecule has 7 rings (SSSR count). The Labute approximate surface area is 251 Å². The lowest BCUT2D eigenvalue weighted by molar-refractivity contribution is -0.130. The van der Waals surface area contributed by atoms with E-state index in [0.29, 0.717) is 0 Å². The molecule has 0 radical (unpaired) electrons. The number of nitrogens with two attached hydrogens (primary N) is 2. The van der Waals surface area contributed by atoms with E-state index in [9.17, 15) is 33.9 Å². The van der Waals surface area contributed by atoms with Gasteiger partial charge in [0.1, 0.15) is 60.9 Å². The fourth-order valence-corrected chi connectivity index (χ4v) is 7.57. The Morgan fingerprint density at radius 1 is 0.956 bits per heavy atom. The predicted molar refractivity (Wildman–Crippen MR) is 143 cm³/mol. The van der Waals surface area contributed by atoms with Crippen LogP contribution in [0.15, 0.2) is 17.6 Å². The summed E-state index contributed by atoms with van der Waals surface area (Å²) in [6, 6.07) is -0.989. The van der Waals surface area contributed by atoms with Gasteiger partial charge in [0.05, 0.1) is 25.9 Å². The van der Waals surface area contributed by atoms with Crippen LogP contribution in [0, 0.1) is 0 Å². The summed E-state index contributed by atoms with van der Waals surface area (Å²) in [5, 5.41) is 27.5. The number of carbonyl (C=O) groups is 1. The first-order valence-electron chi connectivity index (χ1n) is 13.4. The highest BCUT2D eigenvalue weighted by atomic mass is 31.2. The number of aliphatic hydroxyl groups is 2. The number of anilines is 1. The minimum absolute atomic E-state index is 0.0237. The van der Waals surface area contributed by atoms with E-state index in [1.165, 1.54) is 22.1 Å². The lowest BCUT2D eigenvalue weighted by Crippen LogP contribution is -2.70. The van der Waals surface area contributed by atoms with Crippen LogP contribution < -0.4 is 22.1 Å². The zero-order valence-electron chi connectivity index (χ0n) is 22.7. The topological polar surface area (TPSA) is 323 Å². The van der Waals surface area contributed by atoms with Gasteiger partial charge in [-0.2, -0.15) is 0 Å². The van der Waals surface area contributed by atoms with Gasteiger partial charge < -0.3 is 45.4 Å². The number of nitrogens with one attached hydrogen (secondary N) is 2. The molecule has 7 unspecified atom stereocenters. The van der Waals surface area contributed by atoms with Crippen LogP contribution in [0.3, 0.4) is 0 Å². The summed E-state index contributed by atoms with van der Waals surface area (Å²) < 4.78 is 60.3. The smallest absolute Gasteiger partial charge is 0.387 e. The molecule has 2 aromatic rings. The van der Waals surface area contributed by atoms with E-state index in [0.717, 1.165) is 6.33 Å². The van der Waals surface area contributed by atoms with Gasteiger partial charge in [0.2, 0.25) is 0 Å². The van der Waals surface area contributed by atoms with E-state index in [1.54, 1.807) is 0 Å². The SMILES string of the molecule is Nc1ncnc2c1ncn2[C@@H]1O[C@@H]2COP(=O)(O)O[C@@H]3C(O)[C@@H](COP(=O)(O)O[C@@H]1C2O)O[C@H]3N1C=NC2C(=O)NC(N)NC21. The molecule has 0 aliphatic carbocycles. The molecule has 4 fully saturated rings. The monoisotopic (exact) mass is 678 g/mol. The largest absolute Gasteiger partial charge is 0.472 e. The van der Waals surface area contributed by atoms with Crippen molar-refractivity contribution in [2.24, 2.45) is 10.7 Å². The average Bonchev–Trinajstić information content (AvgIpc) is 3.72. The van der Waals surface area contributed by atoms with Crippen molar-refractivity contribution in [2.75, 3.05) is 18.9 Å². The Balaban J connectivity index is 1.18. The molecule has 2 aromatic heterocycles. The number of hydrogen-bond donors (Lipinski definition) is 8. The van der Waals surface area contributed by atoms with Crippen LogP contribution in [0.5, 0.6) is 0 Å². The van der Waals surface area contributed by atoms with Crippen molar-refractivity contribution in [3.05, 3.63) is 12.7 Å². The van der Waals surface area contributed by atoms with Gasteiger partial charge in [-0.1, -0.05) is 0 Å². The van der Waals surface area contributed by atoms with Crippen molar-refractivity contribution in [3.8, 4) is 0 Å². The molecule has 23 nitrogen and oxygen atoms in total. The highest BCUT2D eigenvalue weighted by molar-refractivity contribution is 7.47. The minimum Gasteiger partial charge on any atom is -0.387 e. The Morgan fingerprint density at radius 3 is 2.24 bits per heavy atom. The summed E-state index contributed by atoms with van der Waals surface area (Å²) in [6.07, 6.45) is -10.8. The molecular formula is C20H28N10O13P2. The lowest BCUT2D eigenvalue weighted by atomic mass is 10.1. The zero-order valence-corrected chi connectivity index (χ0v) is 24.5. The normalized spacial score (nSPS) is 45.4. The second kappa shape index (κ2) is 11.2. The fourth-order valence-electron chi connectivity index (χ4n) is 5.70. The molecule has 25 heteroatoms. The van der Waals surface area contributed by atoms with E-state index in [1.807, 2.05) is 0 Å². The maximum atomic E-state index is 13.2. The Hall–Kier alpha value is -2.73. The molecule has 5 aliphatic heterocycles. The predicted octanol–water partition coefficient (Wildman–Crippen LogP) is -4.23. The lowest BCUT2D eigenvalue weighted by Gasteiger charge is -2.39. The molecule has 45 heavy (non-hydrogen) atoms. The Bertz CT molecular complexity index is 1620. The zero-order chi connectivity index (χ0) is 31.8. The highest BCUT2D eigenvalue weighted by Gasteiger charge is 2.56. The Kier molecular flexibility index (Phi) is 7.70. The minimum atomic E-state index is -5.06. The quantitative estimate of drug-likeness (QED) is 0.139. The number of phosphoric acid groups is 2. The average molecular weight is 678 g/mol. The number of carbonyl (C=O) groups excluding carboxylic acids is 1. The van der Waals surface area contributed by atoms with Crippen molar-refractivity contribution >= 4 is 44.9 Å². The van der Waals surface area contributed by atoms with E-state index in [4.69, 9.17) is 39.0 Å². The van der Waals surface area contributed by atoms with Crippen LogP contribution in [-0.4, -0.2) is 131 Å². The molecule has 10 N–H and O–H groups in total. The van der Waals surface area contributed by atoms with Crippen LogP contribution in [0.25, 0.3) is 11.2 Å². The second-order valence-corrected chi connectivity index (χ2v) is 13.4. The summed E-state index contributed by atoms with van der Waals surface area (Å²) in [6.45, 7) is -1.60. The first-order chi connectivity index (χ1) is 21.3. The van der Waals surface area contributed by atoms with Crippen molar-refractivity contribution in [1.29, 1.82) is 0 Å². The van der Waals surface area contributed by atoms with Crippen molar-refractivity contribution in [1.82, 2.24) is 35.1 Å². The van der Waals surface area contributed by atoms with Crippen LogP contribution in [-0.2, 0) is 41.5 Å². The molecule has 4 bridgehead atoms. The van der Waals surface area contributed by atoms with Gasteiger partial charge in [-0.3, -0.25) is 43.5 Å². The molecule has 7 heterocycles. The third-order valence-corrected chi connectivity index (χ3v) is 9.76. The van der Waals surface area contributed by atoms with Crippen LogP contribution in [0.1, 0.15) is 6.23 Å². The highest BCUT2D eigenvalue weighted by Crippen LogP contribution is 2.53. The number of ether oxygens (including phenoxy) is 2. The number of rotatable bonds is 2. The third kappa shape index (κ3) is 5.53. The maximum Gasteiger partial charge on any atom is 0.472 e. The summed E-state index contributed by atoms with van der Waals surface area (Å²) in [7, 11) is -10.1. The summed E-state index contributed by atoms with van der Waals surface area (Å²) >= 11 is 0. The van der Waals surface area contributed by atoms with Gasteiger partial charge >= 0.3 is 15.6 Å². The number of aliphatic hydroxyl groups excluding tert-OH is 2. The molecule has 0 saturated carbocycles. The van der Waals surface area contributed by atoms with Gasteiger partial charge in [-0.15, -0.1) is 0 Å². The standard InChI is InChI=1S/C20H28N10O13P2/c21-14-8-15(24-3-23-14)29(4-25-8)18-12-10(31)6(40-18)1-38-45(36,37)43-13-11(32)7(2-39-44(34,35)42-12)41-19(13)30-5-26-9-16(30)27-20(22)28-17(9)33/h3-7,9-13,16,18-20,27,31-32H,1-2,22H2,(H,28,33)(H,34,35)(H,36,37)(H2,21,23,24)/t6-,7-,9?,10?,11?,12-,13-,16?,18-,19-,20?/m1/s1. The van der Waals surface area contributed by atoms with Crippen LogP contribution >= 0.6 is 15.6 Å². The van der Waals surface area contributed by atoms with Gasteiger partial charge in [0.15, 0.2) is 30.0 Å². The Morgan fingerprint density at radius 2 is 1.58 bits per heavy atom. The molecule has 246 valence electrons. The molecule has 4 saturated heterocycles. The maximum absolute atomic E-state index is 13.2. The fraction of sp³-hybridized carbons (Fsp3) is 0.650. The molecule has 5 aliphatic rings. The summed E-state index contributed by atoms with van der Waals surface area (Å²) in [4.78, 5) is 51.2. The number of phosphoric ester groups is 2. The van der Waals surface area contributed by atoms with E-state index < -0.39 is 102 Å². The number of imidazole rings is 1. The van der Waals surface area contributed by atoms with Crippen molar-refractivity contribution in [2.45, 2.75) is 67.6 Å². The molecule has 0 aromatic carbocycles. The van der Waals surface area contributed by atoms with Crippen LogP contribution in [0.2, 0.25) is 0 Å². The number of fused-ring (bicyclic) bond motifs is 6. The van der Waals surface area contributed by atoms with Gasteiger partial charge in [-0.25, -0.2) is 24.1 Å². The second-order valence-electron chi connectivity index (χ2n) is 10.6. The van der Waals surface area contributed by atoms with Crippen molar-refractivity contribution in [3.63, 3.8) is 0 Å². The number of amides is 1. The molecule has 0 spiro atoms. The molecule has 13 atom stereocenters. The number of nitrogen functional groups attached to an aromatic ring is 1. The number of hydrogen-bond acceptors (Lipinski definition) is 19. The summed E-state index contributed by atoms with van der Waals surface area (Å²) in [5.74, 6) is -0.490. The number of aromatic nitrogens is 4. The van der Waals surface area contributed by atoms with Gasteiger partial charge in [0, 0.05) is 0 Å². The van der Waals surface area contributed by atoms with Gasteiger partial charge in [0.25, 0.3) is 5.91 Å². The first-order valence-corrected chi connectivity index (χ1v) is 16.4. The first kappa shape index (κ1) is 30.9. The van der Waals surface area contributed by atoms with E-state index in [-0.39, 0.29) is 17.0 Å². The molecule has 1 amide bonds. The van der Waals surface area contributed by atoms with E-state index >= 15 is 0 Å². The van der Waals surface area contributed by atoms with Gasteiger partial charge in [-0.05, 0) is 0 Å². The molecular weight excluding hydrogens is 650 g/mol. The van der Waals surface area contributed by atoms with Crippen LogP contribution in [0.4, 0.5) is 5.82 Å². The summed E-state index contributed by atoms with van der Waals surface area (Å²) in [5.41, 5.74) is 12.0.